The monoisotopic (exact) mass is 446 g/mol. The van der Waals surface area contributed by atoms with E-state index in [1.807, 2.05) is 36.4 Å². The van der Waals surface area contributed by atoms with Crippen LogP contribution in [-0.4, -0.2) is 53.2 Å². The number of carboxylic acid groups (broad SMARTS) is 1. The van der Waals surface area contributed by atoms with Gasteiger partial charge in [0.15, 0.2) is 0 Å². The van der Waals surface area contributed by atoms with E-state index in [1.165, 1.54) is 0 Å². The van der Waals surface area contributed by atoms with Crippen molar-refractivity contribution in [1.82, 2.24) is 10.2 Å². The largest absolute Gasteiger partial charge is 0.480 e. The van der Waals surface area contributed by atoms with Crippen LogP contribution in [0.1, 0.15) is 36.8 Å². The summed E-state index contributed by atoms with van der Waals surface area (Å²) < 4.78 is 5.61. The standard InChI is InChI=1S/C26H26N2O5/c1-3-14-28(15-23(29)30)24(31)26(2,17-12-13-17)27-25(32)33-16-22-20-10-6-4-8-18(20)19-9-5-7-11-21(19)22/h1,4-11,17,22H,12-16H2,2H3,(H,27,32)(H,29,30). The molecule has 2 aromatic rings. The number of nitrogens with zero attached hydrogens (tertiary/aromatic N) is 1. The quantitative estimate of drug-likeness (QED) is 0.607. The zero-order valence-electron chi connectivity index (χ0n) is 18.4. The lowest BCUT2D eigenvalue weighted by Gasteiger charge is -2.34. The molecule has 2 aromatic carbocycles. The van der Waals surface area contributed by atoms with E-state index in [1.54, 1.807) is 6.92 Å². The van der Waals surface area contributed by atoms with E-state index in [4.69, 9.17) is 16.3 Å². The molecule has 0 saturated heterocycles. The minimum atomic E-state index is -1.28. The van der Waals surface area contributed by atoms with Crippen LogP contribution in [0.4, 0.5) is 4.79 Å². The lowest BCUT2D eigenvalue weighted by molar-refractivity contribution is -0.147. The number of fused-ring (bicyclic) bond motifs is 3. The van der Waals surface area contributed by atoms with Crippen LogP contribution in [-0.2, 0) is 14.3 Å². The lowest BCUT2D eigenvalue weighted by atomic mass is 9.93. The number of rotatable bonds is 8. The van der Waals surface area contributed by atoms with Crippen molar-refractivity contribution in [3.8, 4) is 23.5 Å². The Morgan fingerprint density at radius 2 is 1.70 bits per heavy atom. The Bertz CT molecular complexity index is 1090. The molecule has 0 radical (unpaired) electrons. The van der Waals surface area contributed by atoms with Crippen molar-refractivity contribution in [2.75, 3.05) is 19.7 Å². The number of carboxylic acids is 1. The Balaban J connectivity index is 1.48. The van der Waals surface area contributed by atoms with Crippen LogP contribution in [0, 0.1) is 18.3 Å². The number of benzene rings is 2. The molecule has 1 atom stereocenters. The van der Waals surface area contributed by atoms with Crippen LogP contribution in [0.25, 0.3) is 11.1 Å². The third kappa shape index (κ3) is 4.42. The van der Waals surface area contributed by atoms with Crippen molar-refractivity contribution in [2.24, 2.45) is 5.92 Å². The first-order chi connectivity index (χ1) is 15.8. The van der Waals surface area contributed by atoms with Crippen LogP contribution in [0.15, 0.2) is 48.5 Å². The average molecular weight is 447 g/mol. The zero-order chi connectivity index (χ0) is 23.6. The highest BCUT2D eigenvalue weighted by Crippen LogP contribution is 2.45. The molecule has 0 aliphatic heterocycles. The highest BCUT2D eigenvalue weighted by molar-refractivity contribution is 5.92. The second kappa shape index (κ2) is 8.99. The molecule has 2 aliphatic carbocycles. The molecule has 0 bridgehead atoms. The summed E-state index contributed by atoms with van der Waals surface area (Å²) in [5, 5.41) is 11.9. The van der Waals surface area contributed by atoms with Crippen molar-refractivity contribution < 1.29 is 24.2 Å². The van der Waals surface area contributed by atoms with E-state index in [0.29, 0.717) is 0 Å². The van der Waals surface area contributed by atoms with Gasteiger partial charge in [-0.05, 0) is 47.9 Å². The summed E-state index contributed by atoms with van der Waals surface area (Å²) in [4.78, 5) is 38.3. The van der Waals surface area contributed by atoms with Crippen LogP contribution < -0.4 is 5.32 Å². The van der Waals surface area contributed by atoms with E-state index in [0.717, 1.165) is 40.0 Å². The molecular formula is C26H26N2O5. The Hall–Kier alpha value is -3.79. The number of alkyl carbamates (subject to hydrolysis) is 1. The molecule has 7 heteroatoms. The number of hydrogen-bond acceptors (Lipinski definition) is 4. The predicted molar refractivity (Wildman–Crippen MR) is 122 cm³/mol. The number of aliphatic carboxylic acids is 1. The maximum absolute atomic E-state index is 13.2. The Morgan fingerprint density at radius 3 is 2.21 bits per heavy atom. The first-order valence-electron chi connectivity index (χ1n) is 10.9. The molecule has 170 valence electrons. The zero-order valence-corrected chi connectivity index (χ0v) is 18.4. The Labute approximate surface area is 192 Å². The molecule has 1 fully saturated rings. The summed E-state index contributed by atoms with van der Waals surface area (Å²) in [5.74, 6) is 0.436. The van der Waals surface area contributed by atoms with Crippen molar-refractivity contribution in [2.45, 2.75) is 31.2 Å². The van der Waals surface area contributed by atoms with Gasteiger partial charge in [-0.15, -0.1) is 6.42 Å². The van der Waals surface area contributed by atoms with Gasteiger partial charge < -0.3 is 20.1 Å². The minimum absolute atomic E-state index is 0.0976. The topological polar surface area (TPSA) is 95.9 Å². The summed E-state index contributed by atoms with van der Waals surface area (Å²) in [6, 6.07) is 16.1. The molecular weight excluding hydrogens is 420 g/mol. The molecule has 1 unspecified atom stereocenters. The number of nitrogens with one attached hydrogen (secondary N) is 1. The van der Waals surface area contributed by atoms with E-state index in [2.05, 4.69) is 23.4 Å². The lowest BCUT2D eigenvalue weighted by Crippen LogP contribution is -2.60. The summed E-state index contributed by atoms with van der Waals surface area (Å²) in [6.07, 6.45) is 6.12. The molecule has 4 rings (SSSR count). The molecule has 0 spiro atoms. The van der Waals surface area contributed by atoms with Gasteiger partial charge in [-0.3, -0.25) is 9.59 Å². The fourth-order valence-electron chi connectivity index (χ4n) is 4.64. The molecule has 1 saturated carbocycles. The van der Waals surface area contributed by atoms with Crippen LogP contribution >= 0.6 is 0 Å². The van der Waals surface area contributed by atoms with Crippen molar-refractivity contribution in [1.29, 1.82) is 0 Å². The van der Waals surface area contributed by atoms with E-state index in [-0.39, 0.29) is 25.0 Å². The number of hydrogen-bond donors (Lipinski definition) is 2. The maximum atomic E-state index is 13.2. The molecule has 0 heterocycles. The maximum Gasteiger partial charge on any atom is 0.408 e. The van der Waals surface area contributed by atoms with Crippen LogP contribution in [0.2, 0.25) is 0 Å². The van der Waals surface area contributed by atoms with E-state index < -0.39 is 30.1 Å². The highest BCUT2D eigenvalue weighted by atomic mass is 16.5. The SMILES string of the molecule is C#CCN(CC(=O)O)C(=O)C(C)(NC(=O)OCC1c2ccccc2-c2ccccc21)C1CC1. The predicted octanol–water partition coefficient (Wildman–Crippen LogP) is 3.24. The molecule has 33 heavy (non-hydrogen) atoms. The average Bonchev–Trinajstić information content (AvgIpc) is 3.60. The van der Waals surface area contributed by atoms with Gasteiger partial charge in [0.25, 0.3) is 0 Å². The Morgan fingerprint density at radius 1 is 1.12 bits per heavy atom. The van der Waals surface area contributed by atoms with Crippen LogP contribution in [0.3, 0.4) is 0 Å². The first kappa shape index (κ1) is 22.4. The van der Waals surface area contributed by atoms with Crippen LogP contribution in [0.5, 0.6) is 0 Å². The van der Waals surface area contributed by atoms with Gasteiger partial charge in [-0.1, -0.05) is 54.5 Å². The number of terminal acetylenes is 1. The second-order valence-electron chi connectivity index (χ2n) is 8.69. The summed E-state index contributed by atoms with van der Waals surface area (Å²) in [7, 11) is 0. The van der Waals surface area contributed by atoms with Gasteiger partial charge in [0.2, 0.25) is 5.91 Å². The minimum Gasteiger partial charge on any atom is -0.480 e. The third-order valence-electron chi connectivity index (χ3n) is 6.44. The summed E-state index contributed by atoms with van der Waals surface area (Å²) in [6.45, 7) is 1.05. The Kier molecular flexibility index (Phi) is 6.10. The highest BCUT2D eigenvalue weighted by Gasteiger charge is 2.50. The van der Waals surface area contributed by atoms with Gasteiger partial charge in [0.05, 0.1) is 6.54 Å². The van der Waals surface area contributed by atoms with Gasteiger partial charge >= 0.3 is 12.1 Å². The molecule has 2 amide bonds. The fraction of sp³-hybridized carbons (Fsp3) is 0.346. The number of carbonyl (C=O) groups excluding carboxylic acids is 2. The molecule has 2 N–H and O–H groups in total. The van der Waals surface area contributed by atoms with Gasteiger partial charge in [0.1, 0.15) is 18.7 Å². The molecule has 0 aromatic heterocycles. The van der Waals surface area contributed by atoms with E-state index >= 15 is 0 Å². The van der Waals surface area contributed by atoms with E-state index in [9.17, 15) is 14.4 Å². The number of carbonyl (C=O) groups is 3. The number of ether oxygens (including phenoxy) is 1. The molecule has 7 nitrogen and oxygen atoms in total. The second-order valence-corrected chi connectivity index (χ2v) is 8.69. The van der Waals surface area contributed by atoms with Gasteiger partial charge in [-0.2, -0.15) is 0 Å². The van der Waals surface area contributed by atoms with Crippen molar-refractivity contribution >= 4 is 18.0 Å². The summed E-state index contributed by atoms with van der Waals surface area (Å²) in [5.41, 5.74) is 3.15. The normalized spacial score (nSPS) is 16.0. The number of amides is 2. The van der Waals surface area contributed by atoms with Crippen molar-refractivity contribution in [3.05, 3.63) is 59.7 Å². The van der Waals surface area contributed by atoms with Gasteiger partial charge in [0, 0.05) is 5.92 Å². The smallest absolute Gasteiger partial charge is 0.408 e. The first-order valence-corrected chi connectivity index (χ1v) is 10.9. The van der Waals surface area contributed by atoms with Crippen molar-refractivity contribution in [3.63, 3.8) is 0 Å². The fourth-order valence-corrected chi connectivity index (χ4v) is 4.64. The summed E-state index contributed by atoms with van der Waals surface area (Å²) >= 11 is 0. The van der Waals surface area contributed by atoms with Gasteiger partial charge in [-0.25, -0.2) is 4.79 Å². The molecule has 2 aliphatic rings. The third-order valence-corrected chi connectivity index (χ3v) is 6.44.